The fourth-order valence-corrected chi connectivity index (χ4v) is 2.58. The highest BCUT2D eigenvalue weighted by Crippen LogP contribution is 2.64. The van der Waals surface area contributed by atoms with E-state index < -0.39 is 44.9 Å². The molecule has 2 aliphatic rings. The maximum Gasteiger partial charge on any atom is 0.534 e. The highest BCUT2D eigenvalue weighted by molar-refractivity contribution is 7.87. The highest BCUT2D eigenvalue weighted by Gasteiger charge is 2.76. The minimum atomic E-state index is -5.89. The average molecular weight is 290 g/mol. The molecule has 0 amide bonds. The van der Waals surface area contributed by atoms with Crippen LogP contribution in [0.1, 0.15) is 6.42 Å². The lowest BCUT2D eigenvalue weighted by atomic mass is 10.2. The summed E-state index contributed by atoms with van der Waals surface area (Å²) in [4.78, 5) is 10.6. The molecule has 0 radical (unpaired) electrons. The van der Waals surface area contributed by atoms with Crippen LogP contribution in [0.25, 0.3) is 0 Å². The first-order chi connectivity index (χ1) is 8.02. The van der Waals surface area contributed by atoms with Crippen LogP contribution in [0, 0.1) is 11.8 Å². The maximum absolute atomic E-state index is 13.7. The van der Waals surface area contributed by atoms with Crippen LogP contribution in [0.4, 0.5) is 17.6 Å². The van der Waals surface area contributed by atoms with Crippen LogP contribution in [0.5, 0.6) is 0 Å². The van der Waals surface area contributed by atoms with Crippen LogP contribution < -0.4 is 0 Å². The summed E-state index contributed by atoms with van der Waals surface area (Å²) in [6.07, 6.45) is 0.787. The number of carboxylic acid groups (broad SMARTS) is 1. The monoisotopic (exact) mass is 290 g/mol. The van der Waals surface area contributed by atoms with E-state index >= 15 is 0 Å². The normalized spacial score (nSPS) is 34.8. The molecular formula is C8H6F4O5S. The average Bonchev–Trinajstić information content (AvgIpc) is 2.58. The van der Waals surface area contributed by atoms with Gasteiger partial charge in [-0.2, -0.15) is 21.6 Å². The summed E-state index contributed by atoms with van der Waals surface area (Å²) >= 11 is 0. The largest absolute Gasteiger partial charge is 0.534 e. The second-order valence-electron chi connectivity index (χ2n) is 3.98. The summed E-state index contributed by atoms with van der Waals surface area (Å²) in [6, 6.07) is 0. The number of halogens is 4. The van der Waals surface area contributed by atoms with Gasteiger partial charge in [-0.3, -0.25) is 0 Å². The van der Waals surface area contributed by atoms with E-state index in [9.17, 15) is 30.8 Å². The second-order valence-corrected chi connectivity index (χ2v) is 5.52. The lowest BCUT2D eigenvalue weighted by Crippen LogP contribution is -2.27. The van der Waals surface area contributed by atoms with Crippen LogP contribution in [0.3, 0.4) is 0 Å². The Morgan fingerprint density at radius 1 is 1.50 bits per heavy atom. The number of hydrogen-bond donors (Lipinski definition) is 1. The molecule has 0 aromatic rings. The lowest BCUT2D eigenvalue weighted by Gasteiger charge is -2.12. The van der Waals surface area contributed by atoms with E-state index in [-0.39, 0.29) is 6.42 Å². The van der Waals surface area contributed by atoms with Gasteiger partial charge in [-0.1, -0.05) is 0 Å². The van der Waals surface area contributed by atoms with Gasteiger partial charge < -0.3 is 9.29 Å². The number of aliphatic carboxylic acids is 1. The Morgan fingerprint density at radius 3 is 2.44 bits per heavy atom. The van der Waals surface area contributed by atoms with E-state index in [1.807, 2.05) is 0 Å². The molecule has 0 aromatic carbocycles. The summed E-state index contributed by atoms with van der Waals surface area (Å²) in [6.45, 7) is 0. The molecule has 1 N–H and O–H groups in total. The van der Waals surface area contributed by atoms with Gasteiger partial charge in [-0.25, -0.2) is 9.18 Å². The van der Waals surface area contributed by atoms with Crippen molar-refractivity contribution < 1.29 is 40.1 Å². The van der Waals surface area contributed by atoms with Crippen molar-refractivity contribution in [1.29, 1.82) is 0 Å². The van der Waals surface area contributed by atoms with E-state index in [2.05, 4.69) is 4.18 Å². The van der Waals surface area contributed by atoms with Gasteiger partial charge in [-0.15, -0.1) is 0 Å². The zero-order chi connectivity index (χ0) is 13.9. The predicted molar refractivity (Wildman–Crippen MR) is 47.2 cm³/mol. The molecule has 102 valence electrons. The number of allylic oxidation sites excluding steroid dienone is 2. The zero-order valence-electron chi connectivity index (χ0n) is 8.44. The zero-order valence-corrected chi connectivity index (χ0v) is 9.26. The molecule has 2 rings (SSSR count). The molecule has 1 fully saturated rings. The summed E-state index contributed by atoms with van der Waals surface area (Å²) in [5.74, 6) is -5.15. The molecule has 10 heteroatoms. The summed E-state index contributed by atoms with van der Waals surface area (Å²) in [7, 11) is -5.89. The van der Waals surface area contributed by atoms with E-state index in [4.69, 9.17) is 5.11 Å². The smallest absolute Gasteiger partial charge is 0.479 e. The molecule has 18 heavy (non-hydrogen) atoms. The number of rotatable bonds is 3. The van der Waals surface area contributed by atoms with Crippen molar-refractivity contribution in [3.05, 3.63) is 11.8 Å². The Kier molecular flexibility index (Phi) is 2.45. The molecule has 0 spiro atoms. The topological polar surface area (TPSA) is 80.7 Å². The fourth-order valence-electron chi connectivity index (χ4n) is 2.06. The van der Waals surface area contributed by atoms with Crippen molar-refractivity contribution in [3.8, 4) is 0 Å². The molecule has 1 saturated carbocycles. The van der Waals surface area contributed by atoms with Gasteiger partial charge in [0.15, 0.2) is 0 Å². The Bertz CT molecular complexity index is 536. The Labute approximate surface area is 98.2 Å². The van der Waals surface area contributed by atoms with Gasteiger partial charge in [-0.05, 0) is 12.5 Å². The van der Waals surface area contributed by atoms with E-state index in [0.717, 1.165) is 6.08 Å². The fraction of sp³-hybridized carbons (Fsp3) is 0.625. The van der Waals surface area contributed by atoms with Crippen LogP contribution in [0.2, 0.25) is 0 Å². The molecule has 0 aromatic heterocycles. The van der Waals surface area contributed by atoms with Crippen molar-refractivity contribution in [2.24, 2.45) is 11.8 Å². The van der Waals surface area contributed by atoms with Crippen molar-refractivity contribution in [2.75, 3.05) is 0 Å². The second kappa shape index (κ2) is 3.37. The Balaban J connectivity index is 2.18. The maximum atomic E-state index is 13.7. The third-order valence-corrected chi connectivity index (χ3v) is 3.96. The molecular weight excluding hydrogens is 284 g/mol. The SMILES string of the molecule is O=C(O)[C@@]1(F)[C@@H]2CC=C(OS(=O)(=O)C(F)(F)F)[C@@H]21. The summed E-state index contributed by atoms with van der Waals surface area (Å²) in [5, 5.41) is 8.56. The minimum Gasteiger partial charge on any atom is -0.479 e. The first kappa shape index (κ1) is 13.1. The number of fused-ring (bicyclic) bond motifs is 1. The number of carbonyl (C=O) groups is 1. The Morgan fingerprint density at radius 2 is 2.06 bits per heavy atom. The van der Waals surface area contributed by atoms with Gasteiger partial charge in [0, 0.05) is 5.92 Å². The summed E-state index contributed by atoms with van der Waals surface area (Å²) < 4.78 is 74.9. The molecule has 0 saturated heterocycles. The molecule has 0 heterocycles. The third-order valence-electron chi connectivity index (χ3n) is 2.98. The molecule has 2 aliphatic carbocycles. The minimum absolute atomic E-state index is 0.170. The van der Waals surface area contributed by atoms with Crippen LogP contribution in [-0.4, -0.2) is 30.7 Å². The lowest BCUT2D eigenvalue weighted by molar-refractivity contribution is -0.145. The number of carboxylic acids is 1. The standard InChI is InChI=1S/C8H6F4O5S/c9-7(6(13)14)3-1-2-4(5(3)7)17-18(15,16)8(10,11)12/h2-3,5H,1H2,(H,13,14)/t3-,5-,7-/m1/s1. The first-order valence-electron chi connectivity index (χ1n) is 4.65. The third kappa shape index (κ3) is 1.58. The molecule has 5 nitrogen and oxygen atoms in total. The highest BCUT2D eigenvalue weighted by atomic mass is 32.2. The molecule has 0 unspecified atom stereocenters. The van der Waals surface area contributed by atoms with Crippen LogP contribution in [0.15, 0.2) is 11.8 Å². The van der Waals surface area contributed by atoms with Gasteiger partial charge in [0.2, 0.25) is 5.67 Å². The predicted octanol–water partition coefficient (Wildman–Crippen LogP) is 1.18. The van der Waals surface area contributed by atoms with Gasteiger partial charge in [0.1, 0.15) is 5.76 Å². The van der Waals surface area contributed by atoms with Crippen molar-refractivity contribution >= 4 is 16.1 Å². The van der Waals surface area contributed by atoms with E-state index in [0.29, 0.717) is 0 Å². The van der Waals surface area contributed by atoms with Crippen molar-refractivity contribution in [3.63, 3.8) is 0 Å². The van der Waals surface area contributed by atoms with Gasteiger partial charge >= 0.3 is 21.6 Å². The van der Waals surface area contributed by atoms with Crippen molar-refractivity contribution in [1.82, 2.24) is 0 Å². The summed E-state index contributed by atoms with van der Waals surface area (Å²) in [5.41, 5.74) is -8.37. The number of alkyl halides is 4. The quantitative estimate of drug-likeness (QED) is 0.479. The molecule has 3 atom stereocenters. The van der Waals surface area contributed by atoms with E-state index in [1.54, 1.807) is 0 Å². The van der Waals surface area contributed by atoms with E-state index in [1.165, 1.54) is 0 Å². The van der Waals surface area contributed by atoms with Gasteiger partial charge in [0.05, 0.1) is 5.92 Å². The molecule has 0 aliphatic heterocycles. The Hall–Kier alpha value is -1.32. The molecule has 0 bridgehead atoms. The first-order valence-corrected chi connectivity index (χ1v) is 6.05. The van der Waals surface area contributed by atoms with Crippen molar-refractivity contribution in [2.45, 2.75) is 17.6 Å². The van der Waals surface area contributed by atoms with Crippen LogP contribution >= 0.6 is 0 Å². The number of hydrogen-bond acceptors (Lipinski definition) is 4. The van der Waals surface area contributed by atoms with Gasteiger partial charge in [0.25, 0.3) is 0 Å². The van der Waals surface area contributed by atoms with Crippen LogP contribution in [-0.2, 0) is 19.1 Å².